The van der Waals surface area contributed by atoms with Crippen molar-refractivity contribution >= 4 is 11.9 Å². The van der Waals surface area contributed by atoms with E-state index in [-0.39, 0.29) is 31.5 Å². The van der Waals surface area contributed by atoms with Gasteiger partial charge in [0.1, 0.15) is 0 Å². The zero-order valence-electron chi connectivity index (χ0n) is 11.6. The lowest BCUT2D eigenvalue weighted by Crippen LogP contribution is -2.55. The van der Waals surface area contributed by atoms with Gasteiger partial charge in [0.2, 0.25) is 5.91 Å². The summed E-state index contributed by atoms with van der Waals surface area (Å²) < 4.78 is 31.2. The van der Waals surface area contributed by atoms with Crippen LogP contribution in [0.4, 0.5) is 8.78 Å². The monoisotopic (exact) mass is 311 g/mol. The molecule has 1 aromatic carbocycles. The van der Waals surface area contributed by atoms with E-state index in [4.69, 9.17) is 4.74 Å². The summed E-state index contributed by atoms with van der Waals surface area (Å²) in [5, 5.41) is 11.8. The molecule has 1 aromatic rings. The molecule has 1 heterocycles. The number of rotatable bonds is 4. The normalized spacial score (nSPS) is 30.1. The van der Waals surface area contributed by atoms with E-state index in [1.54, 1.807) is 0 Å². The number of hydrogen-bond donors (Lipinski definition) is 2. The number of carbonyl (C=O) groups excluding carboxylic acids is 1. The fourth-order valence-electron chi connectivity index (χ4n) is 2.81. The Morgan fingerprint density at radius 1 is 1.32 bits per heavy atom. The molecule has 22 heavy (non-hydrogen) atoms. The lowest BCUT2D eigenvalue weighted by Gasteiger charge is -2.23. The van der Waals surface area contributed by atoms with Gasteiger partial charge in [-0.1, -0.05) is 6.07 Å². The molecule has 0 bridgehead atoms. The molecule has 1 saturated carbocycles. The molecule has 3 rings (SSSR count). The van der Waals surface area contributed by atoms with Crippen LogP contribution in [-0.4, -0.2) is 35.7 Å². The second kappa shape index (κ2) is 5.31. The SMILES string of the molecule is O=C(NC1(C(=O)O)CCOC1)C1CC1c1ccc(F)c(F)c1. The van der Waals surface area contributed by atoms with Crippen molar-refractivity contribution < 1.29 is 28.2 Å². The van der Waals surface area contributed by atoms with Crippen LogP contribution < -0.4 is 5.32 Å². The highest BCUT2D eigenvalue weighted by Crippen LogP contribution is 2.48. The van der Waals surface area contributed by atoms with Crippen LogP contribution >= 0.6 is 0 Å². The summed E-state index contributed by atoms with van der Waals surface area (Å²) in [6.45, 7) is 0.223. The lowest BCUT2D eigenvalue weighted by molar-refractivity contribution is -0.147. The topological polar surface area (TPSA) is 75.6 Å². The number of carboxylic acids is 1. The van der Waals surface area contributed by atoms with E-state index in [0.29, 0.717) is 12.0 Å². The average molecular weight is 311 g/mol. The Bertz CT molecular complexity index is 628. The molecule has 118 valence electrons. The third kappa shape index (κ3) is 2.56. The first-order chi connectivity index (χ1) is 10.4. The molecular formula is C15H15F2NO4. The van der Waals surface area contributed by atoms with Gasteiger partial charge in [0, 0.05) is 18.9 Å². The number of halogens is 2. The van der Waals surface area contributed by atoms with Gasteiger partial charge in [-0.25, -0.2) is 13.6 Å². The number of carboxylic acid groups (broad SMARTS) is 1. The van der Waals surface area contributed by atoms with Gasteiger partial charge in [-0.05, 0) is 30.0 Å². The van der Waals surface area contributed by atoms with Gasteiger partial charge in [-0.15, -0.1) is 0 Å². The second-order valence-electron chi connectivity index (χ2n) is 5.80. The maximum Gasteiger partial charge on any atom is 0.331 e. The Morgan fingerprint density at radius 3 is 2.68 bits per heavy atom. The average Bonchev–Trinajstić information content (AvgIpc) is 3.14. The summed E-state index contributed by atoms with van der Waals surface area (Å²) in [6, 6.07) is 3.56. The van der Waals surface area contributed by atoms with Gasteiger partial charge in [0.15, 0.2) is 17.2 Å². The zero-order chi connectivity index (χ0) is 15.9. The molecule has 1 amide bonds. The van der Waals surface area contributed by atoms with Gasteiger partial charge < -0.3 is 15.2 Å². The van der Waals surface area contributed by atoms with Crippen molar-refractivity contribution in [2.24, 2.45) is 5.92 Å². The van der Waals surface area contributed by atoms with E-state index in [9.17, 15) is 23.5 Å². The molecule has 7 heteroatoms. The van der Waals surface area contributed by atoms with Crippen LogP contribution in [-0.2, 0) is 14.3 Å². The smallest absolute Gasteiger partial charge is 0.331 e. The molecule has 1 aliphatic carbocycles. The highest BCUT2D eigenvalue weighted by atomic mass is 19.2. The molecule has 0 radical (unpaired) electrons. The van der Waals surface area contributed by atoms with E-state index in [1.807, 2.05) is 0 Å². The molecule has 3 atom stereocenters. The first-order valence-electron chi connectivity index (χ1n) is 7.01. The molecule has 2 N–H and O–H groups in total. The van der Waals surface area contributed by atoms with Crippen LogP contribution in [0.2, 0.25) is 0 Å². The number of hydrogen-bond acceptors (Lipinski definition) is 3. The van der Waals surface area contributed by atoms with Crippen LogP contribution in [0.1, 0.15) is 24.3 Å². The minimum atomic E-state index is -1.38. The minimum absolute atomic E-state index is 0.0589. The standard InChI is InChI=1S/C15H15F2NO4/c16-11-2-1-8(5-12(11)17)9-6-10(9)13(19)18-15(14(20)21)3-4-22-7-15/h1-2,5,9-10H,3-4,6-7H2,(H,18,19)(H,20,21). The van der Waals surface area contributed by atoms with Crippen LogP contribution in [0.15, 0.2) is 18.2 Å². The van der Waals surface area contributed by atoms with Crippen molar-refractivity contribution in [1.82, 2.24) is 5.32 Å². The molecule has 1 saturated heterocycles. The predicted octanol–water partition coefficient (Wildman–Crippen LogP) is 1.43. The third-order valence-electron chi connectivity index (χ3n) is 4.29. The van der Waals surface area contributed by atoms with Crippen LogP contribution in [0.3, 0.4) is 0 Å². The predicted molar refractivity (Wildman–Crippen MR) is 71.2 cm³/mol. The molecule has 1 aliphatic heterocycles. The van der Waals surface area contributed by atoms with Crippen molar-refractivity contribution in [3.8, 4) is 0 Å². The van der Waals surface area contributed by atoms with Crippen LogP contribution in [0.25, 0.3) is 0 Å². The number of nitrogens with one attached hydrogen (secondary N) is 1. The first-order valence-corrected chi connectivity index (χ1v) is 7.01. The quantitative estimate of drug-likeness (QED) is 0.882. The largest absolute Gasteiger partial charge is 0.479 e. The zero-order valence-corrected chi connectivity index (χ0v) is 11.6. The van der Waals surface area contributed by atoms with Gasteiger partial charge in [0.25, 0.3) is 0 Å². The maximum absolute atomic E-state index is 13.2. The molecule has 3 unspecified atom stereocenters. The Labute approximate surface area is 125 Å². The fraction of sp³-hybridized carbons (Fsp3) is 0.467. The van der Waals surface area contributed by atoms with E-state index in [0.717, 1.165) is 12.1 Å². The molecule has 5 nitrogen and oxygen atoms in total. The molecule has 2 aliphatic rings. The Morgan fingerprint density at radius 2 is 2.09 bits per heavy atom. The van der Waals surface area contributed by atoms with Crippen molar-refractivity contribution in [2.75, 3.05) is 13.2 Å². The summed E-state index contributed by atoms with van der Waals surface area (Å²) in [6.07, 6.45) is 0.712. The van der Waals surface area contributed by atoms with Crippen molar-refractivity contribution in [2.45, 2.75) is 24.3 Å². The van der Waals surface area contributed by atoms with Gasteiger partial charge in [-0.3, -0.25) is 4.79 Å². The van der Waals surface area contributed by atoms with Crippen molar-refractivity contribution in [3.63, 3.8) is 0 Å². The lowest BCUT2D eigenvalue weighted by atomic mass is 9.98. The third-order valence-corrected chi connectivity index (χ3v) is 4.29. The highest BCUT2D eigenvalue weighted by Gasteiger charge is 2.50. The van der Waals surface area contributed by atoms with E-state index in [2.05, 4.69) is 5.32 Å². The number of ether oxygens (including phenoxy) is 1. The summed E-state index contributed by atoms with van der Waals surface area (Å²) in [5.74, 6) is -4.01. The van der Waals surface area contributed by atoms with Crippen molar-refractivity contribution in [3.05, 3.63) is 35.4 Å². The number of amides is 1. The van der Waals surface area contributed by atoms with E-state index in [1.165, 1.54) is 6.07 Å². The van der Waals surface area contributed by atoms with Crippen molar-refractivity contribution in [1.29, 1.82) is 0 Å². The van der Waals surface area contributed by atoms with Gasteiger partial charge in [-0.2, -0.15) is 0 Å². The summed E-state index contributed by atoms with van der Waals surface area (Å²) in [4.78, 5) is 23.6. The highest BCUT2D eigenvalue weighted by molar-refractivity contribution is 5.90. The fourth-order valence-corrected chi connectivity index (χ4v) is 2.81. The Kier molecular flexibility index (Phi) is 3.60. The Balaban J connectivity index is 1.67. The number of carbonyl (C=O) groups is 2. The molecule has 0 aromatic heterocycles. The maximum atomic E-state index is 13.2. The molecule has 2 fully saturated rings. The van der Waals surface area contributed by atoms with Crippen LogP contribution in [0.5, 0.6) is 0 Å². The summed E-state index contributed by atoms with van der Waals surface area (Å²) in [7, 11) is 0. The minimum Gasteiger partial charge on any atom is -0.479 e. The molecular weight excluding hydrogens is 296 g/mol. The van der Waals surface area contributed by atoms with E-state index >= 15 is 0 Å². The molecule has 0 spiro atoms. The first kappa shape index (κ1) is 14.9. The summed E-state index contributed by atoms with van der Waals surface area (Å²) in [5.41, 5.74) is -0.829. The number of aliphatic carboxylic acids is 1. The van der Waals surface area contributed by atoms with Gasteiger partial charge >= 0.3 is 5.97 Å². The van der Waals surface area contributed by atoms with Crippen LogP contribution in [0, 0.1) is 17.6 Å². The second-order valence-corrected chi connectivity index (χ2v) is 5.80. The van der Waals surface area contributed by atoms with E-state index < -0.39 is 29.1 Å². The Hall–Kier alpha value is -2.02. The van der Waals surface area contributed by atoms with Gasteiger partial charge in [0.05, 0.1) is 6.61 Å². The number of benzene rings is 1. The summed E-state index contributed by atoms with van der Waals surface area (Å²) >= 11 is 0.